The van der Waals surface area contributed by atoms with E-state index in [1.165, 1.54) is 11.6 Å². The minimum absolute atomic E-state index is 0.174. The van der Waals surface area contributed by atoms with E-state index >= 15 is 0 Å². The summed E-state index contributed by atoms with van der Waals surface area (Å²) < 4.78 is 13.7. The van der Waals surface area contributed by atoms with Crippen LogP contribution in [-0.4, -0.2) is 16.5 Å². The Balaban J connectivity index is 1.68. The SMILES string of the molecule is CCc1ccccc1Nc1cc(NCCc2ccccc2F)nc(C)n1. The quantitative estimate of drug-likeness (QED) is 0.637. The minimum Gasteiger partial charge on any atom is -0.370 e. The molecule has 1 aromatic heterocycles. The van der Waals surface area contributed by atoms with Crippen molar-refractivity contribution in [3.05, 3.63) is 77.4 Å². The van der Waals surface area contributed by atoms with Crippen LogP contribution in [0.25, 0.3) is 0 Å². The van der Waals surface area contributed by atoms with Gasteiger partial charge in [-0.25, -0.2) is 14.4 Å². The van der Waals surface area contributed by atoms with Crippen molar-refractivity contribution in [1.82, 2.24) is 9.97 Å². The van der Waals surface area contributed by atoms with Crippen LogP contribution in [0, 0.1) is 12.7 Å². The van der Waals surface area contributed by atoms with E-state index in [4.69, 9.17) is 0 Å². The molecule has 134 valence electrons. The number of aromatic nitrogens is 2. The molecule has 26 heavy (non-hydrogen) atoms. The van der Waals surface area contributed by atoms with E-state index in [0.717, 1.165) is 23.7 Å². The molecule has 0 atom stereocenters. The average molecular weight is 350 g/mol. The highest BCUT2D eigenvalue weighted by atomic mass is 19.1. The maximum Gasteiger partial charge on any atom is 0.136 e. The standard InChI is InChI=1S/C21H23FN4/c1-3-16-8-5-7-11-19(16)26-21-14-20(24-15(2)25-21)23-13-12-17-9-4-6-10-18(17)22/h4-11,14H,3,12-13H2,1-2H3,(H2,23,24,25,26). The fourth-order valence-corrected chi connectivity index (χ4v) is 2.84. The molecule has 5 heteroatoms. The smallest absolute Gasteiger partial charge is 0.136 e. The molecule has 0 bridgehead atoms. The number of halogens is 1. The molecule has 0 saturated heterocycles. The number of rotatable bonds is 7. The van der Waals surface area contributed by atoms with Gasteiger partial charge >= 0.3 is 0 Å². The molecule has 2 aromatic carbocycles. The van der Waals surface area contributed by atoms with E-state index < -0.39 is 0 Å². The zero-order valence-corrected chi connectivity index (χ0v) is 15.1. The Kier molecular flexibility index (Phi) is 5.79. The fraction of sp³-hybridized carbons (Fsp3) is 0.238. The molecule has 1 heterocycles. The van der Waals surface area contributed by atoms with Crippen LogP contribution in [0.4, 0.5) is 21.7 Å². The summed E-state index contributed by atoms with van der Waals surface area (Å²) in [6, 6.07) is 16.9. The van der Waals surface area contributed by atoms with Gasteiger partial charge in [-0.05, 0) is 43.0 Å². The average Bonchev–Trinajstić information content (AvgIpc) is 2.63. The maximum absolute atomic E-state index is 13.7. The first-order valence-electron chi connectivity index (χ1n) is 8.83. The first-order chi connectivity index (χ1) is 12.7. The van der Waals surface area contributed by atoms with Gasteiger partial charge in [-0.3, -0.25) is 0 Å². The van der Waals surface area contributed by atoms with Crippen molar-refractivity contribution in [2.45, 2.75) is 26.7 Å². The first kappa shape index (κ1) is 17.9. The summed E-state index contributed by atoms with van der Waals surface area (Å²) in [7, 11) is 0. The molecule has 0 saturated carbocycles. The van der Waals surface area contributed by atoms with Crippen LogP contribution in [0.1, 0.15) is 23.9 Å². The lowest BCUT2D eigenvalue weighted by molar-refractivity contribution is 0.610. The Labute approximate surface area is 153 Å². The van der Waals surface area contributed by atoms with Crippen LogP contribution in [0.2, 0.25) is 0 Å². The van der Waals surface area contributed by atoms with Gasteiger partial charge in [0.15, 0.2) is 0 Å². The van der Waals surface area contributed by atoms with Gasteiger partial charge in [0.05, 0.1) is 0 Å². The van der Waals surface area contributed by atoms with Gasteiger partial charge in [0.25, 0.3) is 0 Å². The number of benzene rings is 2. The Morgan fingerprint density at radius 3 is 2.38 bits per heavy atom. The molecule has 0 aliphatic heterocycles. The summed E-state index contributed by atoms with van der Waals surface area (Å²) in [4.78, 5) is 8.88. The largest absolute Gasteiger partial charge is 0.370 e. The topological polar surface area (TPSA) is 49.8 Å². The second-order valence-corrected chi connectivity index (χ2v) is 6.09. The lowest BCUT2D eigenvalue weighted by Gasteiger charge is -2.12. The molecule has 3 rings (SSSR count). The van der Waals surface area contributed by atoms with Gasteiger partial charge in [-0.15, -0.1) is 0 Å². The van der Waals surface area contributed by atoms with Gasteiger partial charge in [0.2, 0.25) is 0 Å². The van der Waals surface area contributed by atoms with Crippen molar-refractivity contribution in [3.8, 4) is 0 Å². The molecular formula is C21H23FN4. The third-order valence-corrected chi connectivity index (χ3v) is 4.16. The van der Waals surface area contributed by atoms with Crippen molar-refractivity contribution >= 4 is 17.3 Å². The van der Waals surface area contributed by atoms with Crippen LogP contribution in [0.5, 0.6) is 0 Å². The molecule has 2 N–H and O–H groups in total. The molecule has 0 aliphatic carbocycles. The van der Waals surface area contributed by atoms with Gasteiger partial charge in [0.1, 0.15) is 23.3 Å². The monoisotopic (exact) mass is 350 g/mol. The Hall–Kier alpha value is -2.95. The minimum atomic E-state index is -0.174. The summed E-state index contributed by atoms with van der Waals surface area (Å²) >= 11 is 0. The van der Waals surface area contributed by atoms with Crippen LogP contribution in [-0.2, 0) is 12.8 Å². The zero-order chi connectivity index (χ0) is 18.4. The van der Waals surface area contributed by atoms with Gasteiger partial charge < -0.3 is 10.6 Å². The summed E-state index contributed by atoms with van der Waals surface area (Å²) in [5.74, 6) is 1.97. The molecule has 3 aromatic rings. The van der Waals surface area contributed by atoms with E-state index in [0.29, 0.717) is 24.4 Å². The summed E-state index contributed by atoms with van der Waals surface area (Å²) in [6.45, 7) is 4.59. The Bertz CT molecular complexity index is 879. The number of nitrogens with one attached hydrogen (secondary N) is 2. The molecule has 0 aliphatic rings. The lowest BCUT2D eigenvalue weighted by Crippen LogP contribution is -2.09. The molecule has 0 radical (unpaired) electrons. The Morgan fingerprint density at radius 1 is 0.923 bits per heavy atom. The van der Waals surface area contributed by atoms with Crippen LogP contribution >= 0.6 is 0 Å². The van der Waals surface area contributed by atoms with Crippen molar-refractivity contribution < 1.29 is 4.39 Å². The third-order valence-electron chi connectivity index (χ3n) is 4.16. The maximum atomic E-state index is 13.7. The first-order valence-corrected chi connectivity index (χ1v) is 8.83. The normalized spacial score (nSPS) is 10.6. The molecule has 4 nitrogen and oxygen atoms in total. The van der Waals surface area contributed by atoms with Crippen molar-refractivity contribution in [3.63, 3.8) is 0 Å². The fourth-order valence-electron chi connectivity index (χ4n) is 2.84. The second kappa shape index (κ2) is 8.43. The van der Waals surface area contributed by atoms with Crippen molar-refractivity contribution in [1.29, 1.82) is 0 Å². The van der Waals surface area contributed by atoms with E-state index in [2.05, 4.69) is 33.6 Å². The molecular weight excluding hydrogens is 327 g/mol. The highest BCUT2D eigenvalue weighted by molar-refractivity contribution is 5.62. The van der Waals surface area contributed by atoms with Gasteiger partial charge in [-0.1, -0.05) is 43.3 Å². The van der Waals surface area contributed by atoms with Crippen LogP contribution in [0.15, 0.2) is 54.6 Å². The van der Waals surface area contributed by atoms with Gasteiger partial charge in [0, 0.05) is 18.3 Å². The number of nitrogens with zero attached hydrogens (tertiary/aromatic N) is 2. The van der Waals surface area contributed by atoms with E-state index in [9.17, 15) is 4.39 Å². The summed E-state index contributed by atoms with van der Waals surface area (Å²) in [6.07, 6.45) is 1.54. The summed E-state index contributed by atoms with van der Waals surface area (Å²) in [5.41, 5.74) is 2.98. The van der Waals surface area contributed by atoms with E-state index in [1.54, 1.807) is 12.1 Å². The lowest BCUT2D eigenvalue weighted by atomic mass is 10.1. The second-order valence-electron chi connectivity index (χ2n) is 6.09. The third kappa shape index (κ3) is 4.57. The predicted molar refractivity (Wildman–Crippen MR) is 104 cm³/mol. The number of hydrogen-bond acceptors (Lipinski definition) is 4. The molecule has 0 amide bonds. The Morgan fingerprint density at radius 2 is 1.62 bits per heavy atom. The molecule has 0 unspecified atom stereocenters. The molecule has 0 fully saturated rings. The van der Waals surface area contributed by atoms with Crippen molar-refractivity contribution in [2.24, 2.45) is 0 Å². The zero-order valence-electron chi connectivity index (χ0n) is 15.1. The highest BCUT2D eigenvalue weighted by Gasteiger charge is 2.06. The van der Waals surface area contributed by atoms with E-state index in [1.807, 2.05) is 37.3 Å². The molecule has 0 spiro atoms. The highest BCUT2D eigenvalue weighted by Crippen LogP contribution is 2.21. The van der Waals surface area contributed by atoms with Crippen LogP contribution in [0.3, 0.4) is 0 Å². The summed E-state index contributed by atoms with van der Waals surface area (Å²) in [5, 5.41) is 6.63. The predicted octanol–water partition coefficient (Wildman–Crippen LogP) is 4.88. The van der Waals surface area contributed by atoms with Crippen molar-refractivity contribution in [2.75, 3.05) is 17.2 Å². The van der Waals surface area contributed by atoms with E-state index in [-0.39, 0.29) is 5.82 Å². The van der Waals surface area contributed by atoms with Crippen LogP contribution < -0.4 is 10.6 Å². The number of hydrogen-bond donors (Lipinski definition) is 2. The van der Waals surface area contributed by atoms with Gasteiger partial charge in [-0.2, -0.15) is 0 Å². The number of para-hydroxylation sites is 1. The number of aryl methyl sites for hydroxylation is 2. The number of anilines is 3.